The van der Waals surface area contributed by atoms with E-state index < -0.39 is 0 Å². The number of thiophene rings is 1. The molecule has 112 valence electrons. The van der Waals surface area contributed by atoms with Gasteiger partial charge in [0.1, 0.15) is 0 Å². The normalized spacial score (nSPS) is 12.5. The molecule has 3 rings (SSSR count). The summed E-state index contributed by atoms with van der Waals surface area (Å²) in [5.74, 6) is 1.29. The largest absolute Gasteiger partial charge is 0.135 e. The first-order chi connectivity index (χ1) is 10.6. The van der Waals surface area contributed by atoms with E-state index in [1.54, 1.807) is 0 Å². The van der Waals surface area contributed by atoms with Crippen LogP contribution in [0.25, 0.3) is 20.9 Å². The molecule has 22 heavy (non-hydrogen) atoms. The van der Waals surface area contributed by atoms with E-state index in [9.17, 15) is 0 Å². The van der Waals surface area contributed by atoms with Crippen molar-refractivity contribution < 1.29 is 0 Å². The molecule has 0 bridgehead atoms. The standard InChI is InChI=1S/C21H22S/c1-15(2)16(3)17-9-11-19(12-10-17)21-14-13-20(22-21)18-7-5-4-6-8-18/h4-16H,1-3H3. The van der Waals surface area contributed by atoms with Crippen molar-refractivity contribution in [2.45, 2.75) is 26.7 Å². The quantitative estimate of drug-likeness (QED) is 0.495. The Labute approximate surface area is 137 Å². The van der Waals surface area contributed by atoms with E-state index in [4.69, 9.17) is 0 Å². The van der Waals surface area contributed by atoms with Crippen LogP contribution in [0.5, 0.6) is 0 Å². The number of benzene rings is 2. The fourth-order valence-electron chi connectivity index (χ4n) is 2.59. The monoisotopic (exact) mass is 306 g/mol. The maximum Gasteiger partial charge on any atom is 0.0349 e. The third-order valence-electron chi connectivity index (χ3n) is 4.39. The molecule has 0 radical (unpaired) electrons. The molecule has 0 fully saturated rings. The number of hydrogen-bond acceptors (Lipinski definition) is 1. The summed E-state index contributed by atoms with van der Waals surface area (Å²) in [7, 11) is 0. The lowest BCUT2D eigenvalue weighted by Crippen LogP contribution is -2.01. The highest BCUT2D eigenvalue weighted by Crippen LogP contribution is 2.35. The van der Waals surface area contributed by atoms with Gasteiger partial charge in [-0.2, -0.15) is 0 Å². The summed E-state index contributed by atoms with van der Waals surface area (Å²) in [5, 5.41) is 0. The molecule has 0 amide bonds. The minimum absolute atomic E-state index is 0.609. The molecule has 0 aliphatic carbocycles. The molecule has 1 unspecified atom stereocenters. The lowest BCUT2D eigenvalue weighted by atomic mass is 9.90. The van der Waals surface area contributed by atoms with Crippen molar-refractivity contribution in [3.63, 3.8) is 0 Å². The molecular weight excluding hydrogens is 284 g/mol. The Morgan fingerprint density at radius 3 is 1.73 bits per heavy atom. The molecule has 1 aromatic heterocycles. The molecule has 0 aliphatic heterocycles. The first kappa shape index (κ1) is 15.1. The second-order valence-electron chi connectivity index (χ2n) is 6.18. The van der Waals surface area contributed by atoms with Crippen LogP contribution in [0.4, 0.5) is 0 Å². The van der Waals surface area contributed by atoms with Gasteiger partial charge in [-0.3, -0.25) is 0 Å². The first-order valence-corrected chi connectivity index (χ1v) is 8.72. The van der Waals surface area contributed by atoms with Gasteiger partial charge in [0.15, 0.2) is 0 Å². The molecular formula is C21H22S. The molecule has 0 spiro atoms. The van der Waals surface area contributed by atoms with E-state index >= 15 is 0 Å². The lowest BCUT2D eigenvalue weighted by Gasteiger charge is -2.16. The van der Waals surface area contributed by atoms with E-state index in [1.807, 2.05) is 11.3 Å². The van der Waals surface area contributed by atoms with Gasteiger partial charge in [-0.05, 0) is 40.7 Å². The SMILES string of the molecule is CC(C)C(C)c1ccc(-c2ccc(-c3ccccc3)s2)cc1. The van der Waals surface area contributed by atoms with Crippen molar-refractivity contribution in [3.8, 4) is 20.9 Å². The van der Waals surface area contributed by atoms with Crippen molar-refractivity contribution in [3.05, 3.63) is 72.3 Å². The van der Waals surface area contributed by atoms with Gasteiger partial charge in [-0.15, -0.1) is 11.3 Å². The minimum Gasteiger partial charge on any atom is -0.135 e. The molecule has 1 heterocycles. The maximum atomic E-state index is 2.30. The summed E-state index contributed by atoms with van der Waals surface area (Å²) in [4.78, 5) is 2.66. The summed E-state index contributed by atoms with van der Waals surface area (Å²) < 4.78 is 0. The summed E-state index contributed by atoms with van der Waals surface area (Å²) in [6.45, 7) is 6.87. The Bertz CT molecular complexity index is 720. The van der Waals surface area contributed by atoms with Crippen molar-refractivity contribution in [2.75, 3.05) is 0 Å². The summed E-state index contributed by atoms with van der Waals surface area (Å²) in [5.41, 5.74) is 4.04. The average Bonchev–Trinajstić information content (AvgIpc) is 3.05. The number of hydrogen-bond donors (Lipinski definition) is 0. The lowest BCUT2D eigenvalue weighted by molar-refractivity contribution is 0.535. The van der Waals surface area contributed by atoms with Crippen LogP contribution in [0.3, 0.4) is 0 Å². The maximum absolute atomic E-state index is 2.30. The Kier molecular flexibility index (Phi) is 4.44. The van der Waals surface area contributed by atoms with Crippen LogP contribution in [0.15, 0.2) is 66.7 Å². The number of rotatable bonds is 4. The van der Waals surface area contributed by atoms with E-state index in [0.29, 0.717) is 11.8 Å². The van der Waals surface area contributed by atoms with Crippen LogP contribution >= 0.6 is 11.3 Å². The van der Waals surface area contributed by atoms with Crippen molar-refractivity contribution in [2.24, 2.45) is 5.92 Å². The van der Waals surface area contributed by atoms with E-state index in [1.165, 1.54) is 26.4 Å². The molecule has 0 nitrogen and oxygen atoms in total. The molecule has 2 aromatic carbocycles. The van der Waals surface area contributed by atoms with Gasteiger partial charge < -0.3 is 0 Å². The molecule has 0 N–H and O–H groups in total. The Hall–Kier alpha value is -1.86. The molecule has 3 aromatic rings. The van der Waals surface area contributed by atoms with Gasteiger partial charge in [-0.1, -0.05) is 75.4 Å². The summed E-state index contributed by atoms with van der Waals surface area (Å²) >= 11 is 1.86. The minimum atomic E-state index is 0.609. The molecule has 1 atom stereocenters. The van der Waals surface area contributed by atoms with Crippen LogP contribution in [0.1, 0.15) is 32.3 Å². The van der Waals surface area contributed by atoms with Gasteiger partial charge in [0.25, 0.3) is 0 Å². The summed E-state index contributed by atoms with van der Waals surface area (Å²) in [6.07, 6.45) is 0. The van der Waals surface area contributed by atoms with Crippen LogP contribution in [-0.4, -0.2) is 0 Å². The smallest absolute Gasteiger partial charge is 0.0349 e. The average molecular weight is 306 g/mol. The highest BCUT2D eigenvalue weighted by atomic mass is 32.1. The van der Waals surface area contributed by atoms with Crippen LogP contribution in [0, 0.1) is 5.92 Å². The van der Waals surface area contributed by atoms with Gasteiger partial charge in [0.2, 0.25) is 0 Å². The zero-order valence-electron chi connectivity index (χ0n) is 13.4. The zero-order valence-corrected chi connectivity index (χ0v) is 14.2. The zero-order chi connectivity index (χ0) is 15.5. The third kappa shape index (κ3) is 3.15. The van der Waals surface area contributed by atoms with Crippen LogP contribution in [0.2, 0.25) is 0 Å². The van der Waals surface area contributed by atoms with Crippen molar-refractivity contribution in [1.82, 2.24) is 0 Å². The Morgan fingerprint density at radius 2 is 1.18 bits per heavy atom. The van der Waals surface area contributed by atoms with E-state index in [2.05, 4.69) is 87.5 Å². The van der Waals surface area contributed by atoms with Crippen molar-refractivity contribution in [1.29, 1.82) is 0 Å². The van der Waals surface area contributed by atoms with E-state index in [0.717, 1.165) is 0 Å². The highest BCUT2D eigenvalue weighted by Gasteiger charge is 2.10. The fourth-order valence-corrected chi connectivity index (χ4v) is 3.60. The Balaban J connectivity index is 1.85. The van der Waals surface area contributed by atoms with Gasteiger partial charge in [-0.25, -0.2) is 0 Å². The van der Waals surface area contributed by atoms with Crippen LogP contribution in [-0.2, 0) is 0 Å². The molecule has 0 saturated heterocycles. The van der Waals surface area contributed by atoms with Crippen molar-refractivity contribution >= 4 is 11.3 Å². The predicted octanol–water partition coefficient (Wildman–Crippen LogP) is 6.84. The first-order valence-electron chi connectivity index (χ1n) is 7.91. The molecule has 0 saturated carbocycles. The Morgan fingerprint density at radius 1 is 0.636 bits per heavy atom. The second kappa shape index (κ2) is 6.50. The third-order valence-corrected chi connectivity index (χ3v) is 5.57. The molecule has 0 aliphatic rings. The van der Waals surface area contributed by atoms with E-state index in [-0.39, 0.29) is 0 Å². The second-order valence-corrected chi connectivity index (χ2v) is 7.27. The molecule has 1 heteroatoms. The van der Waals surface area contributed by atoms with Gasteiger partial charge >= 0.3 is 0 Å². The van der Waals surface area contributed by atoms with Crippen LogP contribution < -0.4 is 0 Å². The highest BCUT2D eigenvalue weighted by molar-refractivity contribution is 7.18. The predicted molar refractivity (Wildman–Crippen MR) is 98.4 cm³/mol. The fraction of sp³-hybridized carbons (Fsp3) is 0.238. The topological polar surface area (TPSA) is 0 Å². The van der Waals surface area contributed by atoms with Gasteiger partial charge in [0.05, 0.1) is 0 Å². The summed E-state index contributed by atoms with van der Waals surface area (Å²) in [6, 6.07) is 24.1. The van der Waals surface area contributed by atoms with Gasteiger partial charge in [0, 0.05) is 9.75 Å².